The Kier molecular flexibility index (Phi) is 8.87. The van der Waals surface area contributed by atoms with E-state index in [1.807, 2.05) is 42.5 Å². The predicted molar refractivity (Wildman–Crippen MR) is 112 cm³/mol. The van der Waals surface area contributed by atoms with Crippen molar-refractivity contribution >= 4 is 11.8 Å². The molecule has 0 spiro atoms. The van der Waals surface area contributed by atoms with Crippen LogP contribution in [0.4, 0.5) is 0 Å². The molecule has 0 saturated heterocycles. The van der Waals surface area contributed by atoms with Crippen LogP contribution in [0.5, 0.6) is 0 Å². The van der Waals surface area contributed by atoms with E-state index in [2.05, 4.69) is 17.9 Å². The van der Waals surface area contributed by atoms with Crippen LogP contribution in [0, 0.1) is 11.3 Å². The van der Waals surface area contributed by atoms with E-state index in [1.165, 1.54) is 0 Å². The standard InChI is InChI=1S/C23H28N4O2/c1-2-13-26(16-21-10-8-19(15-24)9-11-21)18-23(29)27(14-12-22(25)28)17-20-6-4-3-5-7-20/h3-11H,2,12-14,16-18H2,1H3,(H2,25,28). The zero-order valence-corrected chi connectivity index (χ0v) is 16.9. The number of hydrogen-bond donors (Lipinski definition) is 1. The minimum absolute atomic E-state index is 0.0304. The van der Waals surface area contributed by atoms with E-state index in [0.29, 0.717) is 25.2 Å². The Morgan fingerprint density at radius 3 is 2.21 bits per heavy atom. The van der Waals surface area contributed by atoms with Gasteiger partial charge in [0.15, 0.2) is 0 Å². The van der Waals surface area contributed by atoms with Crippen LogP contribution in [0.25, 0.3) is 0 Å². The van der Waals surface area contributed by atoms with E-state index in [-0.39, 0.29) is 18.9 Å². The molecule has 2 amide bonds. The van der Waals surface area contributed by atoms with Crippen molar-refractivity contribution < 1.29 is 9.59 Å². The number of nitrogens with zero attached hydrogens (tertiary/aromatic N) is 3. The van der Waals surface area contributed by atoms with Gasteiger partial charge in [0.05, 0.1) is 18.2 Å². The second-order valence-corrected chi connectivity index (χ2v) is 7.04. The van der Waals surface area contributed by atoms with Crippen LogP contribution in [0.15, 0.2) is 54.6 Å². The summed E-state index contributed by atoms with van der Waals surface area (Å²) in [4.78, 5) is 28.1. The number of primary amides is 1. The van der Waals surface area contributed by atoms with E-state index in [9.17, 15) is 9.59 Å². The maximum Gasteiger partial charge on any atom is 0.237 e. The number of benzene rings is 2. The van der Waals surface area contributed by atoms with Gasteiger partial charge in [-0.1, -0.05) is 49.4 Å². The normalized spacial score (nSPS) is 10.5. The fourth-order valence-corrected chi connectivity index (χ4v) is 3.11. The van der Waals surface area contributed by atoms with E-state index in [1.54, 1.807) is 17.0 Å². The number of nitriles is 1. The average molecular weight is 393 g/mol. The predicted octanol–water partition coefficient (Wildman–Crippen LogP) is 2.67. The third-order valence-corrected chi connectivity index (χ3v) is 4.59. The van der Waals surface area contributed by atoms with Crippen LogP contribution in [-0.2, 0) is 22.7 Å². The van der Waals surface area contributed by atoms with E-state index < -0.39 is 5.91 Å². The van der Waals surface area contributed by atoms with Crippen molar-refractivity contribution in [1.29, 1.82) is 5.26 Å². The molecule has 0 aliphatic rings. The van der Waals surface area contributed by atoms with Gasteiger partial charge in [-0.2, -0.15) is 5.26 Å². The lowest BCUT2D eigenvalue weighted by molar-refractivity contribution is -0.133. The molecule has 2 aromatic rings. The molecule has 0 unspecified atom stereocenters. The summed E-state index contributed by atoms with van der Waals surface area (Å²) in [6, 6.07) is 19.2. The number of rotatable bonds is 11. The van der Waals surface area contributed by atoms with Gasteiger partial charge in [-0.3, -0.25) is 14.5 Å². The average Bonchev–Trinajstić information content (AvgIpc) is 2.72. The fourth-order valence-electron chi connectivity index (χ4n) is 3.11. The van der Waals surface area contributed by atoms with Gasteiger partial charge >= 0.3 is 0 Å². The Morgan fingerprint density at radius 2 is 1.62 bits per heavy atom. The quantitative estimate of drug-likeness (QED) is 0.636. The van der Waals surface area contributed by atoms with Crippen LogP contribution < -0.4 is 5.73 Å². The largest absolute Gasteiger partial charge is 0.370 e. The van der Waals surface area contributed by atoms with Crippen molar-refractivity contribution in [3.8, 4) is 6.07 Å². The number of carbonyl (C=O) groups is 2. The topological polar surface area (TPSA) is 90.4 Å². The molecule has 29 heavy (non-hydrogen) atoms. The molecule has 0 fully saturated rings. The molecule has 2 rings (SSSR count). The molecule has 6 nitrogen and oxygen atoms in total. The molecule has 0 bridgehead atoms. The Bertz CT molecular complexity index is 828. The first-order valence-corrected chi connectivity index (χ1v) is 9.83. The second kappa shape index (κ2) is 11.6. The lowest BCUT2D eigenvalue weighted by Crippen LogP contribution is -2.41. The number of nitrogens with two attached hydrogens (primary N) is 1. The maximum absolute atomic E-state index is 13.0. The first kappa shape index (κ1) is 22.1. The molecule has 0 saturated carbocycles. The van der Waals surface area contributed by atoms with Crippen LogP contribution in [0.1, 0.15) is 36.5 Å². The molecule has 6 heteroatoms. The van der Waals surface area contributed by atoms with E-state index in [4.69, 9.17) is 11.0 Å². The highest BCUT2D eigenvalue weighted by atomic mass is 16.2. The fraction of sp³-hybridized carbons (Fsp3) is 0.348. The SMILES string of the molecule is CCCN(CC(=O)N(CCC(N)=O)Cc1ccccc1)Cc1ccc(C#N)cc1. The lowest BCUT2D eigenvalue weighted by Gasteiger charge is -2.27. The van der Waals surface area contributed by atoms with Crippen molar-refractivity contribution in [3.63, 3.8) is 0 Å². The first-order chi connectivity index (χ1) is 14.0. The molecule has 2 aromatic carbocycles. The Labute approximate surface area is 172 Å². The molecule has 0 aliphatic carbocycles. The summed E-state index contributed by atoms with van der Waals surface area (Å²) in [5, 5.41) is 8.94. The highest BCUT2D eigenvalue weighted by molar-refractivity contribution is 5.79. The van der Waals surface area contributed by atoms with Crippen molar-refractivity contribution in [1.82, 2.24) is 9.80 Å². The van der Waals surface area contributed by atoms with Gasteiger partial charge in [-0.05, 0) is 36.2 Å². The van der Waals surface area contributed by atoms with Crippen molar-refractivity contribution in [2.24, 2.45) is 5.73 Å². The highest BCUT2D eigenvalue weighted by Gasteiger charge is 2.18. The summed E-state index contributed by atoms with van der Waals surface area (Å²) in [6.07, 6.45) is 1.06. The van der Waals surface area contributed by atoms with Crippen LogP contribution in [0.3, 0.4) is 0 Å². The molecular weight excluding hydrogens is 364 g/mol. The van der Waals surface area contributed by atoms with Gasteiger partial charge in [0.2, 0.25) is 11.8 Å². The minimum Gasteiger partial charge on any atom is -0.370 e. The molecular formula is C23H28N4O2. The Morgan fingerprint density at radius 1 is 0.966 bits per heavy atom. The Balaban J connectivity index is 2.07. The maximum atomic E-state index is 13.0. The minimum atomic E-state index is -0.418. The lowest BCUT2D eigenvalue weighted by atomic mass is 10.1. The molecule has 152 valence electrons. The van der Waals surface area contributed by atoms with Gasteiger partial charge in [0, 0.05) is 26.1 Å². The van der Waals surface area contributed by atoms with E-state index >= 15 is 0 Å². The van der Waals surface area contributed by atoms with Crippen LogP contribution >= 0.6 is 0 Å². The van der Waals surface area contributed by atoms with Gasteiger partial charge in [-0.15, -0.1) is 0 Å². The summed E-state index contributed by atoms with van der Waals surface area (Å²) in [6.45, 7) is 4.50. The van der Waals surface area contributed by atoms with Gasteiger partial charge < -0.3 is 10.6 Å². The Hall–Kier alpha value is -3.17. The van der Waals surface area contributed by atoms with Crippen molar-refractivity contribution in [2.45, 2.75) is 32.9 Å². The number of hydrogen-bond acceptors (Lipinski definition) is 4. The van der Waals surface area contributed by atoms with Crippen LogP contribution in [0.2, 0.25) is 0 Å². The monoisotopic (exact) mass is 392 g/mol. The van der Waals surface area contributed by atoms with Gasteiger partial charge in [-0.25, -0.2) is 0 Å². The van der Waals surface area contributed by atoms with Crippen molar-refractivity contribution in [3.05, 3.63) is 71.3 Å². The molecule has 0 aromatic heterocycles. The molecule has 0 heterocycles. The molecule has 2 N–H and O–H groups in total. The summed E-state index contributed by atoms with van der Waals surface area (Å²) in [7, 11) is 0. The second-order valence-electron chi connectivity index (χ2n) is 7.04. The van der Waals surface area contributed by atoms with E-state index in [0.717, 1.165) is 24.1 Å². The molecule has 0 atom stereocenters. The summed E-state index contributed by atoms with van der Waals surface area (Å²) in [5.41, 5.74) is 7.98. The summed E-state index contributed by atoms with van der Waals surface area (Å²) < 4.78 is 0. The third kappa shape index (κ3) is 7.76. The first-order valence-electron chi connectivity index (χ1n) is 9.83. The molecule has 0 radical (unpaired) electrons. The van der Waals surface area contributed by atoms with Crippen LogP contribution in [-0.4, -0.2) is 41.2 Å². The van der Waals surface area contributed by atoms with Crippen molar-refractivity contribution in [2.75, 3.05) is 19.6 Å². The third-order valence-electron chi connectivity index (χ3n) is 4.59. The smallest absolute Gasteiger partial charge is 0.237 e. The number of amides is 2. The summed E-state index contributed by atoms with van der Waals surface area (Å²) >= 11 is 0. The zero-order chi connectivity index (χ0) is 21.1. The zero-order valence-electron chi connectivity index (χ0n) is 16.9. The number of carbonyl (C=O) groups excluding carboxylic acids is 2. The van der Waals surface area contributed by atoms with Gasteiger partial charge in [0.1, 0.15) is 0 Å². The molecule has 0 aliphatic heterocycles. The highest BCUT2D eigenvalue weighted by Crippen LogP contribution is 2.10. The van der Waals surface area contributed by atoms with Gasteiger partial charge in [0.25, 0.3) is 0 Å². The summed E-state index contributed by atoms with van der Waals surface area (Å²) in [5.74, 6) is -0.448.